The third-order valence-electron chi connectivity index (χ3n) is 6.71. The van der Waals surface area contributed by atoms with E-state index in [1.807, 2.05) is 68.4 Å². The van der Waals surface area contributed by atoms with Crippen molar-refractivity contribution in [2.24, 2.45) is 0 Å². The summed E-state index contributed by atoms with van der Waals surface area (Å²) in [6.07, 6.45) is 1.88. The van der Waals surface area contributed by atoms with E-state index in [9.17, 15) is 22.4 Å². The molecule has 10 heteroatoms. The van der Waals surface area contributed by atoms with Crippen LogP contribution in [0, 0.1) is 12.7 Å². The highest BCUT2D eigenvalue weighted by Gasteiger charge is 2.35. The van der Waals surface area contributed by atoms with E-state index in [0.29, 0.717) is 6.54 Å². The van der Waals surface area contributed by atoms with Crippen molar-refractivity contribution in [1.82, 2.24) is 14.5 Å². The molecular weight excluding hydrogens is 543 g/mol. The molecule has 0 aromatic heterocycles. The van der Waals surface area contributed by atoms with Crippen LogP contribution in [-0.2, 0) is 32.8 Å². The Morgan fingerprint density at radius 1 is 0.902 bits per heavy atom. The lowest BCUT2D eigenvalue weighted by atomic mass is 10.0. The van der Waals surface area contributed by atoms with E-state index in [2.05, 4.69) is 5.32 Å². The van der Waals surface area contributed by atoms with Gasteiger partial charge in [0.1, 0.15) is 18.4 Å². The van der Waals surface area contributed by atoms with Gasteiger partial charge in [0.05, 0.1) is 5.69 Å². The predicted molar refractivity (Wildman–Crippen MR) is 160 cm³/mol. The van der Waals surface area contributed by atoms with E-state index in [1.54, 1.807) is 0 Å². The zero-order valence-electron chi connectivity index (χ0n) is 24.1. The first-order valence-electron chi connectivity index (χ1n) is 13.7. The van der Waals surface area contributed by atoms with Gasteiger partial charge in [-0.3, -0.25) is 9.59 Å². The minimum absolute atomic E-state index is 0.0605. The molecule has 8 nitrogen and oxygen atoms in total. The molecule has 3 aromatic carbocycles. The Balaban J connectivity index is 2.08. The van der Waals surface area contributed by atoms with Gasteiger partial charge < -0.3 is 10.2 Å². The number of hydrogen-bond donors (Lipinski definition) is 1. The summed E-state index contributed by atoms with van der Waals surface area (Å²) in [5.74, 6) is -1.75. The van der Waals surface area contributed by atoms with Gasteiger partial charge in [-0.05, 0) is 36.6 Å². The number of halogens is 1. The summed E-state index contributed by atoms with van der Waals surface area (Å²) in [6.45, 7) is 3.78. The number of amides is 2. The standard InChI is InChI=1S/C31H39FN4O4S/c1-5-6-20-33-31(38)29(21-25-12-8-7-9-13-25)35(22-26-18-16-24(2)17-19-26)30(37)23-36(41(39,40)34(3)4)28-15-11-10-14-27(28)32/h7-19,29H,5-6,20-23H2,1-4H3,(H,33,38)/t29-/m1/s1. The van der Waals surface area contributed by atoms with Crippen LogP contribution in [0.15, 0.2) is 78.9 Å². The van der Waals surface area contributed by atoms with Crippen molar-refractivity contribution in [2.45, 2.75) is 45.7 Å². The fourth-order valence-electron chi connectivity index (χ4n) is 4.31. The number of carbonyl (C=O) groups excluding carboxylic acids is 2. The molecule has 0 spiro atoms. The van der Waals surface area contributed by atoms with Crippen LogP contribution in [0.25, 0.3) is 0 Å². The van der Waals surface area contributed by atoms with Crippen molar-refractivity contribution in [2.75, 3.05) is 31.5 Å². The third kappa shape index (κ3) is 8.61. The molecule has 3 aromatic rings. The first-order chi connectivity index (χ1) is 19.5. The Labute approximate surface area is 243 Å². The second-order valence-electron chi connectivity index (χ2n) is 10.1. The van der Waals surface area contributed by atoms with E-state index in [4.69, 9.17) is 0 Å². The first kappa shape index (κ1) is 31.8. The molecule has 0 saturated heterocycles. The highest BCUT2D eigenvalue weighted by molar-refractivity contribution is 7.90. The average Bonchev–Trinajstić information content (AvgIpc) is 2.95. The summed E-state index contributed by atoms with van der Waals surface area (Å²) in [5.41, 5.74) is 2.40. The molecule has 0 aliphatic carbocycles. The maximum Gasteiger partial charge on any atom is 0.304 e. The van der Waals surface area contributed by atoms with Crippen molar-refractivity contribution >= 4 is 27.7 Å². The average molecular weight is 583 g/mol. The van der Waals surface area contributed by atoms with Crippen LogP contribution < -0.4 is 9.62 Å². The molecule has 0 aliphatic rings. The van der Waals surface area contributed by atoms with E-state index in [-0.39, 0.29) is 24.6 Å². The molecule has 0 radical (unpaired) electrons. The van der Waals surface area contributed by atoms with Crippen molar-refractivity contribution in [1.29, 1.82) is 0 Å². The van der Waals surface area contributed by atoms with Gasteiger partial charge in [0, 0.05) is 33.6 Å². The Morgan fingerprint density at radius 2 is 1.54 bits per heavy atom. The summed E-state index contributed by atoms with van der Waals surface area (Å²) in [7, 11) is -1.63. The van der Waals surface area contributed by atoms with Gasteiger partial charge in [0.15, 0.2) is 0 Å². The quantitative estimate of drug-likeness (QED) is 0.287. The molecule has 0 saturated carbocycles. The fraction of sp³-hybridized carbons (Fsp3) is 0.355. The number of anilines is 1. The summed E-state index contributed by atoms with van der Waals surface area (Å²) in [6, 6.07) is 21.4. The lowest BCUT2D eigenvalue weighted by Gasteiger charge is -2.34. The largest absolute Gasteiger partial charge is 0.354 e. The van der Waals surface area contributed by atoms with E-state index in [0.717, 1.165) is 44.2 Å². The molecule has 0 aliphatic heterocycles. The predicted octanol–water partition coefficient (Wildman–Crippen LogP) is 4.30. The summed E-state index contributed by atoms with van der Waals surface area (Å²) in [4.78, 5) is 29.2. The zero-order valence-corrected chi connectivity index (χ0v) is 24.9. The summed E-state index contributed by atoms with van der Waals surface area (Å²) < 4.78 is 43.3. The Bertz CT molecular complexity index is 1400. The molecule has 0 fully saturated rings. The lowest BCUT2D eigenvalue weighted by Crippen LogP contribution is -2.54. The van der Waals surface area contributed by atoms with Crippen molar-refractivity contribution < 1.29 is 22.4 Å². The lowest BCUT2D eigenvalue weighted by molar-refractivity contribution is -0.140. The summed E-state index contributed by atoms with van der Waals surface area (Å²) >= 11 is 0. The number of unbranched alkanes of at least 4 members (excludes halogenated alkanes) is 1. The third-order valence-corrected chi connectivity index (χ3v) is 8.52. The number of carbonyl (C=O) groups is 2. The number of rotatable bonds is 14. The molecule has 2 amide bonds. The molecule has 1 atom stereocenters. The number of nitrogens with zero attached hydrogens (tertiary/aromatic N) is 3. The number of para-hydroxylation sites is 1. The van der Waals surface area contributed by atoms with Gasteiger partial charge >= 0.3 is 10.2 Å². The molecule has 0 bridgehead atoms. The van der Waals surface area contributed by atoms with E-state index < -0.39 is 34.5 Å². The fourth-order valence-corrected chi connectivity index (χ4v) is 5.37. The first-order valence-corrected chi connectivity index (χ1v) is 15.1. The Morgan fingerprint density at radius 3 is 2.15 bits per heavy atom. The molecule has 3 rings (SSSR count). The van der Waals surface area contributed by atoms with E-state index >= 15 is 0 Å². The number of aryl methyl sites for hydroxylation is 1. The van der Waals surface area contributed by atoms with Crippen LogP contribution in [0.3, 0.4) is 0 Å². The molecule has 41 heavy (non-hydrogen) atoms. The normalized spacial score (nSPS) is 12.1. The molecule has 0 heterocycles. The Hall–Kier alpha value is -3.76. The Kier molecular flexibility index (Phi) is 11.4. The van der Waals surface area contributed by atoms with Crippen molar-refractivity contribution in [3.05, 3.63) is 101 Å². The molecular formula is C31H39FN4O4S. The minimum Gasteiger partial charge on any atom is -0.354 e. The maximum absolute atomic E-state index is 14.9. The minimum atomic E-state index is -4.27. The second-order valence-corrected chi connectivity index (χ2v) is 12.2. The van der Waals surface area contributed by atoms with E-state index in [1.165, 1.54) is 37.2 Å². The SMILES string of the molecule is CCCCNC(=O)[C@@H](Cc1ccccc1)N(Cc1ccc(C)cc1)C(=O)CN(c1ccccc1F)S(=O)(=O)N(C)C. The zero-order chi connectivity index (χ0) is 30.0. The van der Waals surface area contributed by atoms with Gasteiger partial charge in [-0.2, -0.15) is 12.7 Å². The smallest absolute Gasteiger partial charge is 0.304 e. The number of benzene rings is 3. The van der Waals surface area contributed by atoms with Crippen LogP contribution in [-0.4, -0.2) is 62.7 Å². The number of nitrogens with one attached hydrogen (secondary N) is 1. The van der Waals surface area contributed by atoms with Crippen LogP contribution >= 0.6 is 0 Å². The van der Waals surface area contributed by atoms with Gasteiger partial charge in [-0.1, -0.05) is 85.6 Å². The van der Waals surface area contributed by atoms with Gasteiger partial charge in [-0.15, -0.1) is 0 Å². The molecule has 220 valence electrons. The maximum atomic E-state index is 14.9. The number of hydrogen-bond acceptors (Lipinski definition) is 4. The van der Waals surface area contributed by atoms with Crippen LogP contribution in [0.4, 0.5) is 10.1 Å². The van der Waals surface area contributed by atoms with Gasteiger partial charge in [0.2, 0.25) is 11.8 Å². The molecule has 1 N–H and O–H groups in total. The summed E-state index contributed by atoms with van der Waals surface area (Å²) in [5, 5.41) is 2.94. The van der Waals surface area contributed by atoms with Gasteiger partial charge in [0.25, 0.3) is 0 Å². The van der Waals surface area contributed by atoms with Crippen molar-refractivity contribution in [3.8, 4) is 0 Å². The van der Waals surface area contributed by atoms with Crippen LogP contribution in [0.1, 0.15) is 36.5 Å². The van der Waals surface area contributed by atoms with Gasteiger partial charge in [-0.25, -0.2) is 8.70 Å². The second kappa shape index (κ2) is 14.7. The highest BCUT2D eigenvalue weighted by atomic mass is 32.2. The van der Waals surface area contributed by atoms with Crippen molar-refractivity contribution in [3.63, 3.8) is 0 Å². The highest BCUT2D eigenvalue weighted by Crippen LogP contribution is 2.24. The molecule has 0 unspecified atom stereocenters. The van der Waals surface area contributed by atoms with Crippen LogP contribution in [0.5, 0.6) is 0 Å². The van der Waals surface area contributed by atoms with Crippen LogP contribution in [0.2, 0.25) is 0 Å². The topological polar surface area (TPSA) is 90.0 Å². The monoisotopic (exact) mass is 582 g/mol.